The fraction of sp³-hybridized carbons (Fsp3) is 0.133. The zero-order chi connectivity index (χ0) is 14.7. The van der Waals surface area contributed by atoms with E-state index in [-0.39, 0.29) is 5.56 Å². The Hall–Kier alpha value is -2.32. The van der Waals surface area contributed by atoms with E-state index in [1.54, 1.807) is 24.3 Å². The number of carboxylic acids is 1. The van der Waals surface area contributed by atoms with Crippen LogP contribution in [-0.2, 0) is 0 Å². The lowest BCUT2D eigenvalue weighted by Crippen LogP contribution is -1.96. The molecule has 100 valence electrons. The van der Waals surface area contributed by atoms with E-state index in [1.165, 1.54) is 11.8 Å². The Bertz CT molecular complexity index is 703. The van der Waals surface area contributed by atoms with Crippen LogP contribution in [-0.4, -0.2) is 16.1 Å². The minimum Gasteiger partial charge on any atom is -0.478 e. The molecule has 20 heavy (non-hydrogen) atoms. The maximum atomic E-state index is 10.8. The quantitative estimate of drug-likeness (QED) is 0.934. The molecule has 0 aliphatic carbocycles. The highest BCUT2D eigenvalue weighted by molar-refractivity contribution is 7.99. The molecule has 1 N–H and O–H groups in total. The molecule has 5 heteroatoms. The Balaban J connectivity index is 2.35. The van der Waals surface area contributed by atoms with Crippen LogP contribution in [0.4, 0.5) is 0 Å². The predicted molar refractivity (Wildman–Crippen MR) is 76.0 cm³/mol. The number of hydrogen-bond acceptors (Lipinski definition) is 4. The minimum absolute atomic E-state index is 0.239. The first-order chi connectivity index (χ1) is 9.51. The van der Waals surface area contributed by atoms with Gasteiger partial charge in [-0.25, -0.2) is 9.78 Å². The molecule has 1 heterocycles. The normalized spacial score (nSPS) is 10.1. The van der Waals surface area contributed by atoms with Crippen molar-refractivity contribution in [2.24, 2.45) is 0 Å². The standard InChI is InChI=1S/C15H12N2O2S/c1-9-7-10(2)17-14(13(9)8-16)20-12-5-3-11(4-6-12)15(18)19/h3-7H,1-2H3,(H,18,19). The number of aryl methyl sites for hydroxylation is 2. The highest BCUT2D eigenvalue weighted by Gasteiger charge is 2.10. The lowest BCUT2D eigenvalue weighted by Gasteiger charge is -2.07. The number of benzene rings is 1. The van der Waals surface area contributed by atoms with Gasteiger partial charge in [0.2, 0.25) is 0 Å². The molecular weight excluding hydrogens is 272 g/mol. The highest BCUT2D eigenvalue weighted by atomic mass is 32.2. The average molecular weight is 284 g/mol. The van der Waals surface area contributed by atoms with Crippen molar-refractivity contribution in [1.82, 2.24) is 4.98 Å². The Morgan fingerprint density at radius 3 is 2.50 bits per heavy atom. The molecule has 0 aliphatic rings. The van der Waals surface area contributed by atoms with E-state index >= 15 is 0 Å². The third kappa shape index (κ3) is 2.98. The minimum atomic E-state index is -0.955. The van der Waals surface area contributed by atoms with Crippen LogP contribution in [0.2, 0.25) is 0 Å². The van der Waals surface area contributed by atoms with Crippen LogP contribution >= 0.6 is 11.8 Å². The van der Waals surface area contributed by atoms with Gasteiger partial charge >= 0.3 is 5.97 Å². The summed E-state index contributed by atoms with van der Waals surface area (Å²) >= 11 is 1.36. The van der Waals surface area contributed by atoms with Crippen LogP contribution in [0.15, 0.2) is 40.3 Å². The van der Waals surface area contributed by atoms with Gasteiger partial charge in [0.15, 0.2) is 0 Å². The molecule has 2 aromatic rings. The number of carbonyl (C=O) groups is 1. The number of pyridine rings is 1. The number of aromatic nitrogens is 1. The third-order valence-corrected chi connectivity index (χ3v) is 3.74. The van der Waals surface area contributed by atoms with Crippen LogP contribution < -0.4 is 0 Å². The molecule has 0 saturated carbocycles. The fourth-order valence-electron chi connectivity index (χ4n) is 1.79. The third-order valence-electron chi connectivity index (χ3n) is 2.74. The summed E-state index contributed by atoms with van der Waals surface area (Å²) < 4.78 is 0. The van der Waals surface area contributed by atoms with E-state index in [4.69, 9.17) is 5.11 Å². The van der Waals surface area contributed by atoms with Crippen molar-refractivity contribution < 1.29 is 9.90 Å². The van der Waals surface area contributed by atoms with Crippen molar-refractivity contribution in [3.63, 3.8) is 0 Å². The van der Waals surface area contributed by atoms with Gasteiger partial charge < -0.3 is 5.11 Å². The number of aromatic carboxylic acids is 1. The van der Waals surface area contributed by atoms with Crippen molar-refractivity contribution in [2.45, 2.75) is 23.8 Å². The van der Waals surface area contributed by atoms with Crippen molar-refractivity contribution in [1.29, 1.82) is 5.26 Å². The first-order valence-electron chi connectivity index (χ1n) is 5.91. The van der Waals surface area contributed by atoms with Crippen LogP contribution in [0.1, 0.15) is 27.2 Å². The monoisotopic (exact) mass is 284 g/mol. The van der Waals surface area contributed by atoms with Gasteiger partial charge in [-0.05, 0) is 49.7 Å². The summed E-state index contributed by atoms with van der Waals surface area (Å²) in [6.07, 6.45) is 0. The second kappa shape index (κ2) is 5.76. The summed E-state index contributed by atoms with van der Waals surface area (Å²) in [5.74, 6) is -0.955. The summed E-state index contributed by atoms with van der Waals surface area (Å²) in [7, 11) is 0. The number of rotatable bonds is 3. The Kier molecular flexibility index (Phi) is 4.06. The first-order valence-corrected chi connectivity index (χ1v) is 6.72. The number of hydrogen-bond donors (Lipinski definition) is 1. The zero-order valence-corrected chi connectivity index (χ0v) is 11.9. The van der Waals surface area contributed by atoms with Crippen molar-refractivity contribution in [2.75, 3.05) is 0 Å². The zero-order valence-electron chi connectivity index (χ0n) is 11.0. The molecule has 1 aromatic carbocycles. The molecule has 0 aliphatic heterocycles. The van der Waals surface area contributed by atoms with Gasteiger partial charge in [-0.3, -0.25) is 0 Å². The lowest BCUT2D eigenvalue weighted by atomic mass is 10.1. The number of nitriles is 1. The smallest absolute Gasteiger partial charge is 0.335 e. The molecule has 0 radical (unpaired) electrons. The molecule has 0 unspecified atom stereocenters. The van der Waals surface area contributed by atoms with E-state index in [0.29, 0.717) is 10.6 Å². The molecular formula is C15H12N2O2S. The maximum Gasteiger partial charge on any atom is 0.335 e. The van der Waals surface area contributed by atoms with Gasteiger partial charge in [0.05, 0.1) is 11.1 Å². The van der Waals surface area contributed by atoms with Crippen molar-refractivity contribution >= 4 is 17.7 Å². The van der Waals surface area contributed by atoms with E-state index in [0.717, 1.165) is 16.2 Å². The molecule has 0 atom stereocenters. The largest absolute Gasteiger partial charge is 0.478 e. The summed E-state index contributed by atoms with van der Waals surface area (Å²) in [6, 6.07) is 10.6. The van der Waals surface area contributed by atoms with Gasteiger partial charge in [-0.2, -0.15) is 5.26 Å². The summed E-state index contributed by atoms with van der Waals surface area (Å²) in [6.45, 7) is 3.76. The van der Waals surface area contributed by atoms with Gasteiger partial charge in [0, 0.05) is 10.6 Å². The van der Waals surface area contributed by atoms with E-state index in [2.05, 4.69) is 11.1 Å². The Labute approximate surface area is 121 Å². The second-order valence-electron chi connectivity index (χ2n) is 4.30. The summed E-state index contributed by atoms with van der Waals surface area (Å²) in [4.78, 5) is 16.0. The molecule has 2 rings (SSSR count). The summed E-state index contributed by atoms with van der Waals surface area (Å²) in [5, 5.41) is 18.7. The predicted octanol–water partition coefficient (Wildman–Crippen LogP) is 3.42. The molecule has 1 aromatic heterocycles. The van der Waals surface area contributed by atoms with Crippen LogP contribution in [0.3, 0.4) is 0 Å². The van der Waals surface area contributed by atoms with Gasteiger partial charge in [-0.1, -0.05) is 11.8 Å². The highest BCUT2D eigenvalue weighted by Crippen LogP contribution is 2.30. The van der Waals surface area contributed by atoms with E-state index in [1.807, 2.05) is 19.9 Å². The second-order valence-corrected chi connectivity index (χ2v) is 5.37. The number of carboxylic acid groups (broad SMARTS) is 1. The molecule has 0 fully saturated rings. The Morgan fingerprint density at radius 1 is 1.30 bits per heavy atom. The molecule has 4 nitrogen and oxygen atoms in total. The van der Waals surface area contributed by atoms with Crippen LogP contribution in [0.5, 0.6) is 0 Å². The first kappa shape index (κ1) is 14.1. The van der Waals surface area contributed by atoms with Crippen LogP contribution in [0.25, 0.3) is 0 Å². The van der Waals surface area contributed by atoms with Crippen molar-refractivity contribution in [3.8, 4) is 6.07 Å². The van der Waals surface area contributed by atoms with Crippen LogP contribution in [0, 0.1) is 25.2 Å². The lowest BCUT2D eigenvalue weighted by molar-refractivity contribution is 0.0697. The SMILES string of the molecule is Cc1cc(C)c(C#N)c(Sc2ccc(C(=O)O)cc2)n1. The molecule has 0 amide bonds. The maximum absolute atomic E-state index is 10.8. The van der Waals surface area contributed by atoms with E-state index in [9.17, 15) is 10.1 Å². The van der Waals surface area contributed by atoms with Gasteiger partial charge in [0.25, 0.3) is 0 Å². The topological polar surface area (TPSA) is 74.0 Å². The molecule has 0 spiro atoms. The summed E-state index contributed by atoms with van der Waals surface area (Å²) in [5.41, 5.74) is 2.54. The van der Waals surface area contributed by atoms with Gasteiger partial charge in [0.1, 0.15) is 11.1 Å². The molecule has 0 saturated heterocycles. The van der Waals surface area contributed by atoms with Crippen molar-refractivity contribution in [3.05, 3.63) is 52.7 Å². The van der Waals surface area contributed by atoms with E-state index < -0.39 is 5.97 Å². The average Bonchev–Trinajstić information content (AvgIpc) is 2.39. The number of nitrogens with zero attached hydrogens (tertiary/aromatic N) is 2. The fourth-order valence-corrected chi connectivity index (χ4v) is 2.78. The van der Waals surface area contributed by atoms with Gasteiger partial charge in [-0.15, -0.1) is 0 Å². The molecule has 0 bridgehead atoms. The Morgan fingerprint density at radius 2 is 1.95 bits per heavy atom.